The highest BCUT2D eigenvalue weighted by Crippen LogP contribution is 2.32. The number of aromatic nitrogens is 1. The van der Waals surface area contributed by atoms with Gasteiger partial charge in [0.2, 0.25) is 10.0 Å². The van der Waals surface area contributed by atoms with E-state index in [0.717, 1.165) is 11.1 Å². The average molecular weight is 474 g/mol. The van der Waals surface area contributed by atoms with Crippen LogP contribution in [-0.2, 0) is 10.0 Å². The average Bonchev–Trinajstić information content (AvgIpc) is 3.30. The van der Waals surface area contributed by atoms with Gasteiger partial charge in [0, 0.05) is 31.6 Å². The summed E-state index contributed by atoms with van der Waals surface area (Å²) in [7, 11) is -2.26. The predicted octanol–water partition coefficient (Wildman–Crippen LogP) is 2.98. The van der Waals surface area contributed by atoms with Gasteiger partial charge in [0.1, 0.15) is 27.1 Å². The fourth-order valence-corrected chi connectivity index (χ4v) is 5.99. The highest BCUT2D eigenvalue weighted by molar-refractivity contribution is 7.89. The number of benzene rings is 2. The number of hydrogen-bond donors (Lipinski definition) is 1. The third kappa shape index (κ3) is 4.21. The van der Waals surface area contributed by atoms with Gasteiger partial charge in [0.05, 0.1) is 12.7 Å². The van der Waals surface area contributed by atoms with Crippen molar-refractivity contribution in [1.29, 1.82) is 0 Å². The quantitative estimate of drug-likeness (QED) is 0.612. The zero-order chi connectivity index (χ0) is 22.9. The number of aromatic hydroxyl groups is 1. The zero-order valence-corrected chi connectivity index (χ0v) is 19.3. The van der Waals surface area contributed by atoms with Crippen LogP contribution in [0.3, 0.4) is 0 Å². The van der Waals surface area contributed by atoms with Gasteiger partial charge in [0.25, 0.3) is 5.91 Å². The summed E-state index contributed by atoms with van der Waals surface area (Å²) in [5.74, 6) is 0.164. The van der Waals surface area contributed by atoms with E-state index in [-0.39, 0.29) is 42.7 Å². The van der Waals surface area contributed by atoms with Crippen molar-refractivity contribution in [2.75, 3.05) is 33.3 Å². The van der Waals surface area contributed by atoms with Crippen molar-refractivity contribution in [3.05, 3.63) is 59.1 Å². The minimum atomic E-state index is -3.85. The lowest BCUT2D eigenvalue weighted by molar-refractivity contribution is 0.0692. The Labute approximate surface area is 190 Å². The Kier molecular flexibility index (Phi) is 6.18. The van der Waals surface area contributed by atoms with Crippen LogP contribution in [0.4, 0.5) is 0 Å². The number of carbonyl (C=O) groups is 1. The Morgan fingerprint density at radius 2 is 1.84 bits per heavy atom. The maximum atomic E-state index is 13.0. The Hall–Kier alpha value is -2.95. The first kappa shape index (κ1) is 22.3. The second kappa shape index (κ2) is 8.89. The summed E-state index contributed by atoms with van der Waals surface area (Å²) in [5.41, 5.74) is 1.88. The van der Waals surface area contributed by atoms with E-state index in [1.165, 1.54) is 27.8 Å². The van der Waals surface area contributed by atoms with Crippen LogP contribution in [0.15, 0.2) is 52.7 Å². The molecule has 1 aromatic heterocycles. The molecule has 0 aliphatic carbocycles. The summed E-state index contributed by atoms with van der Waals surface area (Å²) >= 11 is 1.36. The molecule has 168 valence electrons. The topological polar surface area (TPSA) is 100 Å². The molecular weight excluding hydrogens is 450 g/mol. The van der Waals surface area contributed by atoms with Crippen molar-refractivity contribution < 1.29 is 23.1 Å². The third-order valence-electron chi connectivity index (χ3n) is 5.32. The lowest BCUT2D eigenvalue weighted by Gasteiger charge is -2.33. The molecule has 1 saturated heterocycles. The molecule has 0 radical (unpaired) electrons. The first-order chi connectivity index (χ1) is 15.3. The van der Waals surface area contributed by atoms with Crippen molar-refractivity contribution >= 4 is 27.3 Å². The minimum Gasteiger partial charge on any atom is -0.507 e. The minimum absolute atomic E-state index is 0.113. The molecule has 8 nitrogen and oxygen atoms in total. The molecule has 1 fully saturated rings. The normalized spacial score (nSPS) is 15.0. The third-order valence-corrected chi connectivity index (χ3v) is 8.12. The molecule has 10 heteroatoms. The van der Waals surface area contributed by atoms with Gasteiger partial charge in [-0.05, 0) is 36.8 Å². The second-order valence-corrected chi connectivity index (χ2v) is 10.2. The fraction of sp³-hybridized carbons (Fsp3) is 0.273. The van der Waals surface area contributed by atoms with Crippen molar-refractivity contribution in [3.8, 4) is 22.1 Å². The lowest BCUT2D eigenvalue weighted by Crippen LogP contribution is -2.50. The molecule has 2 aromatic carbocycles. The van der Waals surface area contributed by atoms with Gasteiger partial charge < -0.3 is 14.7 Å². The number of thiazole rings is 1. The van der Waals surface area contributed by atoms with Crippen molar-refractivity contribution in [3.63, 3.8) is 0 Å². The smallest absolute Gasteiger partial charge is 0.273 e. The Balaban J connectivity index is 1.46. The molecule has 2 heterocycles. The summed E-state index contributed by atoms with van der Waals surface area (Å²) in [6.45, 7) is 2.54. The monoisotopic (exact) mass is 473 g/mol. The van der Waals surface area contributed by atoms with Crippen LogP contribution in [0.5, 0.6) is 11.5 Å². The summed E-state index contributed by atoms with van der Waals surface area (Å²) in [6.07, 6.45) is 0. The first-order valence-corrected chi connectivity index (χ1v) is 12.3. The number of para-hydroxylation sites is 1. The van der Waals surface area contributed by atoms with E-state index in [1.807, 2.05) is 24.3 Å². The standard InChI is InChI=1S/C22H23N3O5S2/c1-15-7-8-18(26)20(13-15)32(28,29)25-11-9-24(10-12-25)22(27)17-14-31-21(23-17)16-5-3-4-6-19(16)30-2/h3-8,13-14,26H,9-12H2,1-2H3. The van der Waals surface area contributed by atoms with Gasteiger partial charge >= 0.3 is 0 Å². The number of ether oxygens (including phenoxy) is 1. The van der Waals surface area contributed by atoms with Gasteiger partial charge in [-0.15, -0.1) is 11.3 Å². The van der Waals surface area contributed by atoms with Gasteiger partial charge in [-0.2, -0.15) is 4.31 Å². The van der Waals surface area contributed by atoms with Gasteiger partial charge in [-0.1, -0.05) is 18.2 Å². The van der Waals surface area contributed by atoms with Gasteiger partial charge in [0.15, 0.2) is 0 Å². The first-order valence-electron chi connectivity index (χ1n) is 9.99. The summed E-state index contributed by atoms with van der Waals surface area (Å²) in [4.78, 5) is 18.9. The number of nitrogens with zero attached hydrogens (tertiary/aromatic N) is 3. The van der Waals surface area contributed by atoms with E-state index >= 15 is 0 Å². The van der Waals surface area contributed by atoms with E-state index in [1.54, 1.807) is 30.4 Å². The number of phenolic OH excluding ortho intramolecular Hbond substituents is 1. The van der Waals surface area contributed by atoms with Crippen LogP contribution >= 0.6 is 11.3 Å². The molecule has 1 N–H and O–H groups in total. The van der Waals surface area contributed by atoms with E-state index < -0.39 is 10.0 Å². The van der Waals surface area contributed by atoms with Crippen LogP contribution in [0, 0.1) is 6.92 Å². The molecule has 1 aliphatic heterocycles. The molecule has 0 unspecified atom stereocenters. The number of hydrogen-bond acceptors (Lipinski definition) is 7. The van der Waals surface area contributed by atoms with E-state index in [2.05, 4.69) is 4.98 Å². The van der Waals surface area contributed by atoms with Gasteiger partial charge in [-0.25, -0.2) is 13.4 Å². The Bertz CT molecular complexity index is 1250. The van der Waals surface area contributed by atoms with Crippen LogP contribution < -0.4 is 4.74 Å². The largest absolute Gasteiger partial charge is 0.507 e. The van der Waals surface area contributed by atoms with Crippen LogP contribution in [0.1, 0.15) is 16.1 Å². The Morgan fingerprint density at radius 1 is 1.12 bits per heavy atom. The number of methoxy groups -OCH3 is 1. The van der Waals surface area contributed by atoms with Crippen LogP contribution in [-0.4, -0.2) is 66.9 Å². The Morgan fingerprint density at radius 3 is 2.56 bits per heavy atom. The number of amides is 1. The zero-order valence-electron chi connectivity index (χ0n) is 17.7. The molecule has 4 rings (SSSR count). The maximum Gasteiger partial charge on any atom is 0.273 e. The summed E-state index contributed by atoms with van der Waals surface area (Å²) < 4.78 is 32.6. The molecule has 32 heavy (non-hydrogen) atoms. The molecule has 1 aliphatic rings. The SMILES string of the molecule is COc1ccccc1-c1nc(C(=O)N2CCN(S(=O)(=O)c3cc(C)ccc3O)CC2)cs1. The highest BCUT2D eigenvalue weighted by atomic mass is 32.2. The number of aryl methyl sites for hydroxylation is 1. The van der Waals surface area contributed by atoms with E-state index in [9.17, 15) is 18.3 Å². The van der Waals surface area contributed by atoms with E-state index in [4.69, 9.17) is 4.74 Å². The fourth-order valence-electron chi connectivity index (χ4n) is 3.58. The molecular formula is C22H23N3O5S2. The van der Waals surface area contributed by atoms with Crippen molar-refractivity contribution in [2.45, 2.75) is 11.8 Å². The van der Waals surface area contributed by atoms with Gasteiger partial charge in [-0.3, -0.25) is 4.79 Å². The van der Waals surface area contributed by atoms with Crippen molar-refractivity contribution in [2.24, 2.45) is 0 Å². The number of piperazine rings is 1. The van der Waals surface area contributed by atoms with Crippen LogP contribution in [0.25, 0.3) is 10.6 Å². The number of carbonyl (C=O) groups excluding carboxylic acids is 1. The molecule has 3 aromatic rings. The summed E-state index contributed by atoms with van der Waals surface area (Å²) in [5, 5.41) is 12.4. The predicted molar refractivity (Wildman–Crippen MR) is 122 cm³/mol. The highest BCUT2D eigenvalue weighted by Gasteiger charge is 2.32. The molecule has 0 atom stereocenters. The number of rotatable bonds is 5. The number of phenols is 1. The second-order valence-electron chi connectivity index (χ2n) is 7.41. The van der Waals surface area contributed by atoms with Crippen LogP contribution in [0.2, 0.25) is 0 Å². The molecule has 0 spiro atoms. The summed E-state index contributed by atoms with van der Waals surface area (Å²) in [6, 6.07) is 12.0. The molecule has 0 saturated carbocycles. The van der Waals surface area contributed by atoms with Crippen molar-refractivity contribution in [1.82, 2.24) is 14.2 Å². The molecule has 0 bridgehead atoms. The van der Waals surface area contributed by atoms with E-state index in [0.29, 0.717) is 16.5 Å². The maximum absolute atomic E-state index is 13.0. The number of sulfonamides is 1. The lowest BCUT2D eigenvalue weighted by atomic mass is 10.2. The molecule has 1 amide bonds.